The molecule has 3 aliphatic rings. The van der Waals surface area contributed by atoms with Crippen molar-refractivity contribution in [2.45, 2.75) is 51.0 Å². The third kappa shape index (κ3) is 6.62. The molecule has 40 heavy (non-hydrogen) atoms. The zero-order chi connectivity index (χ0) is 27.9. The average Bonchev–Trinajstić information content (AvgIpc) is 2.96. The van der Waals surface area contributed by atoms with E-state index >= 15 is 0 Å². The highest BCUT2D eigenvalue weighted by molar-refractivity contribution is 5.79. The number of ether oxygens (including phenoxy) is 2. The van der Waals surface area contributed by atoms with Gasteiger partial charge < -0.3 is 25.4 Å². The summed E-state index contributed by atoms with van der Waals surface area (Å²) in [6, 6.07) is 17.8. The maximum atomic E-state index is 14.7. The van der Waals surface area contributed by atoms with Gasteiger partial charge in [-0.2, -0.15) is 0 Å². The maximum Gasteiger partial charge on any atom is 0.224 e. The summed E-state index contributed by atoms with van der Waals surface area (Å²) >= 11 is 0. The van der Waals surface area contributed by atoms with Crippen LogP contribution in [0.25, 0.3) is 0 Å². The Kier molecular flexibility index (Phi) is 8.96. The lowest BCUT2D eigenvalue weighted by Crippen LogP contribution is -2.40. The summed E-state index contributed by atoms with van der Waals surface area (Å²) in [5, 5.41) is 2.89. The minimum Gasteiger partial charge on any atom is -0.494 e. The number of benzene rings is 3. The number of unbranched alkanes of at least 4 members (excludes halogenated alkanes) is 2. The van der Waals surface area contributed by atoms with Crippen LogP contribution in [0.15, 0.2) is 60.7 Å². The highest BCUT2D eigenvalue weighted by Crippen LogP contribution is 2.39. The van der Waals surface area contributed by atoms with Gasteiger partial charge in [0, 0.05) is 19.5 Å². The van der Waals surface area contributed by atoms with Crippen molar-refractivity contribution < 1.29 is 23.5 Å². The fourth-order valence-corrected chi connectivity index (χ4v) is 5.41. The molecule has 0 saturated carbocycles. The molecule has 0 fully saturated rings. The molecule has 0 aromatic heterocycles. The molecule has 6 rings (SSSR count). The molecule has 3 aromatic carbocycles. The van der Waals surface area contributed by atoms with E-state index in [2.05, 4.69) is 5.32 Å². The third-order valence-electron chi connectivity index (χ3n) is 7.43. The van der Waals surface area contributed by atoms with E-state index in [9.17, 15) is 14.0 Å². The lowest BCUT2D eigenvalue weighted by molar-refractivity contribution is -0.133. The second-order valence-corrected chi connectivity index (χ2v) is 10.4. The topological polar surface area (TPSA) is 93.9 Å². The first-order chi connectivity index (χ1) is 19.5. The van der Waals surface area contributed by atoms with Crippen LogP contribution in [-0.2, 0) is 22.4 Å². The SMILES string of the molecule is NCCCCCC(=O)N1CCc2cc3ccc2C1c1cccc(c1)OCCCNC(=O)Cc1ccc(F)c(c1)O3. The van der Waals surface area contributed by atoms with Crippen LogP contribution in [0.5, 0.6) is 17.2 Å². The van der Waals surface area contributed by atoms with E-state index in [1.165, 1.54) is 6.07 Å². The second kappa shape index (κ2) is 13.0. The predicted molar refractivity (Wildman–Crippen MR) is 151 cm³/mol. The Morgan fingerprint density at radius 3 is 2.83 bits per heavy atom. The van der Waals surface area contributed by atoms with Gasteiger partial charge in [0.25, 0.3) is 0 Å². The molecule has 7 nitrogen and oxygen atoms in total. The van der Waals surface area contributed by atoms with E-state index < -0.39 is 5.82 Å². The number of nitrogens with two attached hydrogens (primary N) is 1. The van der Waals surface area contributed by atoms with Crippen LogP contribution in [0.3, 0.4) is 0 Å². The van der Waals surface area contributed by atoms with E-state index in [4.69, 9.17) is 15.2 Å². The average molecular weight is 546 g/mol. The Bertz CT molecular complexity index is 1360. The smallest absolute Gasteiger partial charge is 0.224 e. The van der Waals surface area contributed by atoms with E-state index in [-0.39, 0.29) is 30.0 Å². The Balaban J connectivity index is 1.50. The second-order valence-electron chi connectivity index (χ2n) is 10.4. The molecular formula is C32H36FN3O4. The van der Waals surface area contributed by atoms with Crippen molar-refractivity contribution in [1.82, 2.24) is 10.2 Å². The molecule has 8 bridgehead atoms. The van der Waals surface area contributed by atoms with Crippen LogP contribution in [0.4, 0.5) is 4.39 Å². The Hall–Kier alpha value is -3.91. The third-order valence-corrected chi connectivity index (χ3v) is 7.43. The van der Waals surface area contributed by atoms with Gasteiger partial charge in [-0.25, -0.2) is 4.39 Å². The van der Waals surface area contributed by atoms with Gasteiger partial charge in [-0.1, -0.05) is 30.7 Å². The Morgan fingerprint density at radius 2 is 1.95 bits per heavy atom. The molecule has 1 unspecified atom stereocenters. The van der Waals surface area contributed by atoms with Crippen molar-refractivity contribution in [2.24, 2.45) is 5.73 Å². The fourth-order valence-electron chi connectivity index (χ4n) is 5.41. The van der Waals surface area contributed by atoms with Crippen molar-refractivity contribution >= 4 is 11.8 Å². The first-order valence-electron chi connectivity index (χ1n) is 14.1. The molecule has 1 atom stereocenters. The number of hydrogen-bond acceptors (Lipinski definition) is 5. The van der Waals surface area contributed by atoms with Crippen LogP contribution in [0, 0.1) is 5.82 Å². The summed E-state index contributed by atoms with van der Waals surface area (Å²) in [6.07, 6.45) is 4.55. The molecule has 0 saturated heterocycles. The van der Waals surface area contributed by atoms with Crippen LogP contribution < -0.4 is 20.5 Å². The minimum atomic E-state index is -0.494. The van der Waals surface area contributed by atoms with Gasteiger partial charge in [0.1, 0.15) is 11.5 Å². The van der Waals surface area contributed by atoms with Crippen molar-refractivity contribution in [2.75, 3.05) is 26.2 Å². The summed E-state index contributed by atoms with van der Waals surface area (Å²) in [5.41, 5.74) is 9.34. The number of nitrogens with zero attached hydrogens (tertiary/aromatic N) is 1. The highest BCUT2D eigenvalue weighted by Gasteiger charge is 2.32. The summed E-state index contributed by atoms with van der Waals surface area (Å²) in [5.74, 6) is 0.778. The van der Waals surface area contributed by atoms with Gasteiger partial charge in [-0.15, -0.1) is 0 Å². The highest BCUT2D eigenvalue weighted by atomic mass is 19.1. The van der Waals surface area contributed by atoms with Gasteiger partial charge >= 0.3 is 0 Å². The molecule has 0 aliphatic carbocycles. The van der Waals surface area contributed by atoms with Crippen molar-refractivity contribution in [3.8, 4) is 17.2 Å². The number of amides is 2. The summed E-state index contributed by atoms with van der Waals surface area (Å²) in [4.78, 5) is 27.9. The van der Waals surface area contributed by atoms with Crippen molar-refractivity contribution in [1.29, 1.82) is 0 Å². The van der Waals surface area contributed by atoms with Crippen LogP contribution in [-0.4, -0.2) is 43.0 Å². The number of halogens is 1. The molecule has 3 aromatic rings. The molecule has 3 aliphatic heterocycles. The van der Waals surface area contributed by atoms with Gasteiger partial charge in [-0.3, -0.25) is 9.59 Å². The summed E-state index contributed by atoms with van der Waals surface area (Å²) in [7, 11) is 0. The first-order valence-corrected chi connectivity index (χ1v) is 14.1. The molecule has 0 radical (unpaired) electrons. The number of fused-ring (bicyclic) bond motifs is 7. The molecule has 0 spiro atoms. The number of hydrogen-bond donors (Lipinski definition) is 2. The zero-order valence-corrected chi connectivity index (χ0v) is 22.7. The van der Waals surface area contributed by atoms with Crippen LogP contribution in [0.1, 0.15) is 60.4 Å². The van der Waals surface area contributed by atoms with E-state index in [1.807, 2.05) is 47.4 Å². The lowest BCUT2D eigenvalue weighted by atomic mass is 9.87. The van der Waals surface area contributed by atoms with Crippen LogP contribution >= 0.6 is 0 Å². The standard InChI is InChI=1S/C32H36FN3O4/c33-28-12-9-22-18-29(28)40-26-10-11-27-23(20-26)13-16-36(31(38)8-2-1-3-14-34)32(27)24-6-4-7-25(21-24)39-17-5-15-35-30(37)19-22/h4,6-7,9-12,18,20-21,32H,1-3,5,8,13-17,19,34H2,(H,35,37). The predicted octanol–water partition coefficient (Wildman–Crippen LogP) is 5.05. The first kappa shape index (κ1) is 27.6. The lowest BCUT2D eigenvalue weighted by Gasteiger charge is -2.38. The van der Waals surface area contributed by atoms with Gasteiger partial charge in [0.15, 0.2) is 11.6 Å². The maximum absolute atomic E-state index is 14.7. The quantitative estimate of drug-likeness (QED) is 0.438. The number of rotatable bonds is 5. The number of carbonyl (C=O) groups is 2. The normalized spacial score (nSPS) is 17.1. The molecule has 3 heterocycles. The summed E-state index contributed by atoms with van der Waals surface area (Å²) < 4.78 is 26.7. The van der Waals surface area contributed by atoms with Gasteiger partial charge in [0.2, 0.25) is 11.8 Å². The summed E-state index contributed by atoms with van der Waals surface area (Å²) in [6.45, 7) is 2.10. The molecule has 210 valence electrons. The monoisotopic (exact) mass is 545 g/mol. The van der Waals surface area contributed by atoms with E-state index in [0.717, 1.165) is 41.7 Å². The van der Waals surface area contributed by atoms with Crippen LogP contribution in [0.2, 0.25) is 0 Å². The molecular weight excluding hydrogens is 509 g/mol. The molecule has 3 N–H and O–H groups in total. The Morgan fingerprint density at radius 1 is 1.05 bits per heavy atom. The zero-order valence-electron chi connectivity index (χ0n) is 22.7. The largest absolute Gasteiger partial charge is 0.494 e. The van der Waals surface area contributed by atoms with Gasteiger partial charge in [0.05, 0.1) is 19.1 Å². The van der Waals surface area contributed by atoms with Crippen molar-refractivity contribution in [3.63, 3.8) is 0 Å². The number of nitrogens with one attached hydrogen (secondary N) is 1. The minimum absolute atomic E-state index is 0.0749. The van der Waals surface area contributed by atoms with Crippen molar-refractivity contribution in [3.05, 3.63) is 88.7 Å². The number of carbonyl (C=O) groups excluding carboxylic acids is 2. The fraction of sp³-hybridized carbons (Fsp3) is 0.375. The van der Waals surface area contributed by atoms with Gasteiger partial charge in [-0.05, 0) is 90.9 Å². The van der Waals surface area contributed by atoms with E-state index in [1.54, 1.807) is 12.1 Å². The Labute approximate surface area is 234 Å². The molecule has 8 heteroatoms. The molecule has 2 amide bonds. The van der Waals surface area contributed by atoms with E-state index in [0.29, 0.717) is 56.8 Å².